The Morgan fingerprint density at radius 3 is 2.54 bits per heavy atom. The van der Waals surface area contributed by atoms with Gasteiger partial charge in [0.05, 0.1) is 4.90 Å². The topological polar surface area (TPSA) is 100 Å². The molecule has 2 rings (SSSR count). The van der Waals surface area contributed by atoms with Crippen LogP contribution in [0.15, 0.2) is 52.6 Å². The van der Waals surface area contributed by atoms with Gasteiger partial charge in [-0.05, 0) is 37.2 Å². The number of hydrogen-bond acceptors (Lipinski definition) is 4. The van der Waals surface area contributed by atoms with Crippen molar-refractivity contribution in [1.82, 2.24) is 25.1 Å². The Balaban J connectivity index is 0.00000338. The molecule has 0 radical (unpaired) electrons. The fourth-order valence-electron chi connectivity index (χ4n) is 2.19. The van der Waals surface area contributed by atoms with E-state index in [0.717, 1.165) is 25.1 Å². The minimum absolute atomic E-state index is 0. The minimum atomic E-state index is -3.40. The number of nitrogens with one attached hydrogen (secondary N) is 3. The molecule has 0 amide bonds. The Labute approximate surface area is 171 Å². The number of hydrogen-bond donors (Lipinski definition) is 3. The standard InChI is InChI=1S/C16H24N6O2S.HI/c1-17-16(19-9-3-11-22-12-4-10-21-22)20-13-14-5-7-15(8-6-14)25(23,24)18-2;/h4-8,10,12,18H,3,9,11,13H2,1-2H3,(H2,17,19,20);1H. The number of halogens is 1. The van der Waals surface area contributed by atoms with E-state index in [4.69, 9.17) is 0 Å². The molecule has 0 aliphatic carbocycles. The summed E-state index contributed by atoms with van der Waals surface area (Å²) < 4.78 is 27.6. The molecule has 0 bridgehead atoms. The largest absolute Gasteiger partial charge is 0.356 e. The Kier molecular flexibility index (Phi) is 9.59. The Morgan fingerprint density at radius 1 is 1.23 bits per heavy atom. The molecule has 1 heterocycles. The number of aromatic nitrogens is 2. The second-order valence-electron chi connectivity index (χ2n) is 5.33. The number of benzene rings is 1. The lowest BCUT2D eigenvalue weighted by molar-refractivity contribution is 0.570. The highest BCUT2D eigenvalue weighted by atomic mass is 127. The number of aliphatic imine (C=N–C) groups is 1. The zero-order chi connectivity index (χ0) is 18.1. The summed E-state index contributed by atoms with van der Waals surface area (Å²) in [7, 11) is -0.289. The Bertz CT molecular complexity index is 776. The van der Waals surface area contributed by atoms with E-state index < -0.39 is 10.0 Å². The van der Waals surface area contributed by atoms with E-state index in [-0.39, 0.29) is 28.9 Å². The fraction of sp³-hybridized carbons (Fsp3) is 0.375. The van der Waals surface area contributed by atoms with Crippen molar-refractivity contribution in [3.05, 3.63) is 48.3 Å². The third-order valence-electron chi connectivity index (χ3n) is 3.60. The maximum absolute atomic E-state index is 11.7. The van der Waals surface area contributed by atoms with Crippen molar-refractivity contribution >= 4 is 40.0 Å². The average molecular weight is 492 g/mol. The number of aryl methyl sites for hydroxylation is 1. The summed E-state index contributed by atoms with van der Waals surface area (Å²) in [5.74, 6) is 0.701. The van der Waals surface area contributed by atoms with Crippen molar-refractivity contribution in [2.45, 2.75) is 24.4 Å². The molecule has 8 nitrogen and oxygen atoms in total. The normalized spacial score (nSPS) is 11.7. The van der Waals surface area contributed by atoms with Gasteiger partial charge in [-0.3, -0.25) is 9.67 Å². The second kappa shape index (κ2) is 11.1. The van der Waals surface area contributed by atoms with Gasteiger partial charge in [-0.25, -0.2) is 13.1 Å². The van der Waals surface area contributed by atoms with Crippen LogP contribution in [0.5, 0.6) is 0 Å². The second-order valence-corrected chi connectivity index (χ2v) is 7.21. The van der Waals surface area contributed by atoms with E-state index in [1.165, 1.54) is 7.05 Å². The van der Waals surface area contributed by atoms with E-state index >= 15 is 0 Å². The minimum Gasteiger partial charge on any atom is -0.356 e. The molecular weight excluding hydrogens is 467 g/mol. The molecule has 10 heteroatoms. The SMILES string of the molecule is CN=C(NCCCn1cccn1)NCc1ccc(S(=O)(=O)NC)cc1.I. The molecular formula is C16H25IN6O2S. The lowest BCUT2D eigenvalue weighted by Gasteiger charge is -2.12. The van der Waals surface area contributed by atoms with E-state index in [9.17, 15) is 8.42 Å². The molecule has 0 atom stereocenters. The molecule has 0 fully saturated rings. The van der Waals surface area contributed by atoms with Gasteiger partial charge in [0.25, 0.3) is 0 Å². The van der Waals surface area contributed by atoms with Gasteiger partial charge in [0.1, 0.15) is 0 Å². The van der Waals surface area contributed by atoms with Crippen molar-refractivity contribution < 1.29 is 8.42 Å². The van der Waals surface area contributed by atoms with E-state index in [1.807, 2.05) is 16.9 Å². The van der Waals surface area contributed by atoms with Gasteiger partial charge < -0.3 is 10.6 Å². The molecule has 1 aromatic heterocycles. The van der Waals surface area contributed by atoms with Gasteiger partial charge >= 0.3 is 0 Å². The molecule has 2 aromatic rings. The number of nitrogens with zero attached hydrogens (tertiary/aromatic N) is 3. The third kappa shape index (κ3) is 6.92. The van der Waals surface area contributed by atoms with Crippen molar-refractivity contribution in [3.8, 4) is 0 Å². The molecule has 0 saturated carbocycles. The van der Waals surface area contributed by atoms with Gasteiger partial charge in [-0.15, -0.1) is 24.0 Å². The zero-order valence-corrected chi connectivity index (χ0v) is 18.0. The van der Waals surface area contributed by atoms with Crippen molar-refractivity contribution in [1.29, 1.82) is 0 Å². The van der Waals surface area contributed by atoms with Crippen LogP contribution in [0.1, 0.15) is 12.0 Å². The summed E-state index contributed by atoms with van der Waals surface area (Å²) in [5, 5.41) is 10.6. The van der Waals surface area contributed by atoms with Gasteiger partial charge in [0, 0.05) is 39.1 Å². The van der Waals surface area contributed by atoms with Crippen molar-refractivity contribution in [3.63, 3.8) is 0 Å². The molecule has 0 aliphatic heterocycles. The Morgan fingerprint density at radius 2 is 1.96 bits per heavy atom. The van der Waals surface area contributed by atoms with Crippen molar-refractivity contribution in [2.75, 3.05) is 20.6 Å². The summed E-state index contributed by atoms with van der Waals surface area (Å²) in [5.41, 5.74) is 0.967. The fourth-order valence-corrected chi connectivity index (χ4v) is 2.92. The number of rotatable bonds is 8. The van der Waals surface area contributed by atoms with E-state index in [1.54, 1.807) is 37.5 Å². The number of guanidine groups is 1. The van der Waals surface area contributed by atoms with Gasteiger partial charge in [-0.2, -0.15) is 5.10 Å². The van der Waals surface area contributed by atoms with E-state index in [2.05, 4.69) is 25.4 Å². The quantitative estimate of drug-likeness (QED) is 0.222. The third-order valence-corrected chi connectivity index (χ3v) is 5.03. The highest BCUT2D eigenvalue weighted by molar-refractivity contribution is 14.0. The Hall–Kier alpha value is -1.66. The van der Waals surface area contributed by atoms with Gasteiger partial charge in [-0.1, -0.05) is 12.1 Å². The highest BCUT2D eigenvalue weighted by Crippen LogP contribution is 2.09. The van der Waals surface area contributed by atoms with Gasteiger partial charge in [0.15, 0.2) is 5.96 Å². The lowest BCUT2D eigenvalue weighted by atomic mass is 10.2. The first-order valence-corrected chi connectivity index (χ1v) is 9.48. The maximum Gasteiger partial charge on any atom is 0.240 e. The van der Waals surface area contributed by atoms with Gasteiger partial charge in [0.2, 0.25) is 10.0 Å². The molecule has 0 spiro atoms. The molecule has 3 N–H and O–H groups in total. The average Bonchev–Trinajstić information content (AvgIpc) is 3.15. The first-order chi connectivity index (χ1) is 12.0. The number of sulfonamides is 1. The van der Waals surface area contributed by atoms with Crippen LogP contribution in [0, 0.1) is 0 Å². The highest BCUT2D eigenvalue weighted by Gasteiger charge is 2.10. The predicted molar refractivity (Wildman–Crippen MR) is 113 cm³/mol. The molecule has 144 valence electrons. The molecule has 1 aromatic carbocycles. The van der Waals surface area contributed by atoms with Crippen LogP contribution < -0.4 is 15.4 Å². The molecule has 0 aliphatic rings. The smallest absolute Gasteiger partial charge is 0.240 e. The van der Waals surface area contributed by atoms with Crippen LogP contribution in [-0.4, -0.2) is 44.8 Å². The monoisotopic (exact) mass is 492 g/mol. The summed E-state index contributed by atoms with van der Waals surface area (Å²) in [6, 6.07) is 8.64. The molecule has 26 heavy (non-hydrogen) atoms. The van der Waals surface area contributed by atoms with Crippen LogP contribution in [-0.2, 0) is 23.1 Å². The zero-order valence-electron chi connectivity index (χ0n) is 14.8. The first-order valence-electron chi connectivity index (χ1n) is 7.99. The van der Waals surface area contributed by atoms with Crippen LogP contribution in [0.2, 0.25) is 0 Å². The molecule has 0 unspecified atom stereocenters. The summed E-state index contributed by atoms with van der Waals surface area (Å²) in [6.07, 6.45) is 4.63. The maximum atomic E-state index is 11.7. The lowest BCUT2D eigenvalue weighted by Crippen LogP contribution is -2.37. The van der Waals surface area contributed by atoms with Crippen molar-refractivity contribution in [2.24, 2.45) is 4.99 Å². The van der Waals surface area contributed by atoms with Crippen LogP contribution in [0.25, 0.3) is 0 Å². The molecule has 0 saturated heterocycles. The predicted octanol–water partition coefficient (Wildman–Crippen LogP) is 1.16. The van der Waals surface area contributed by atoms with Crippen LogP contribution in [0.3, 0.4) is 0 Å². The van der Waals surface area contributed by atoms with E-state index in [0.29, 0.717) is 12.5 Å². The van der Waals surface area contributed by atoms with Crippen LogP contribution in [0.4, 0.5) is 0 Å². The summed E-state index contributed by atoms with van der Waals surface area (Å²) in [4.78, 5) is 4.42. The summed E-state index contributed by atoms with van der Waals surface area (Å²) >= 11 is 0. The van der Waals surface area contributed by atoms with Crippen LogP contribution >= 0.6 is 24.0 Å². The first kappa shape index (κ1) is 22.4. The summed E-state index contributed by atoms with van der Waals surface area (Å²) in [6.45, 7) is 2.18.